The molecule has 1 aromatic heterocycles. The van der Waals surface area contributed by atoms with E-state index in [-0.39, 0.29) is 5.91 Å². The fraction of sp³-hybridized carbons (Fsp3) is 0.636. The van der Waals surface area contributed by atoms with E-state index < -0.39 is 0 Å². The Kier molecular flexibility index (Phi) is 4.98. The maximum Gasteiger partial charge on any atom is 0.224 e. The third kappa shape index (κ3) is 4.02. The van der Waals surface area contributed by atoms with E-state index in [0.717, 1.165) is 18.5 Å². The zero-order valence-corrected chi connectivity index (χ0v) is 9.94. The van der Waals surface area contributed by atoms with Crippen molar-refractivity contribution in [2.75, 3.05) is 11.9 Å². The Bertz CT molecular complexity index is 332. The van der Waals surface area contributed by atoms with Gasteiger partial charge in [0.15, 0.2) is 0 Å². The summed E-state index contributed by atoms with van der Waals surface area (Å²) in [5.74, 6) is 0.0248. The summed E-state index contributed by atoms with van der Waals surface area (Å²) >= 11 is 0. The normalized spacial score (nSPS) is 10.8. The molecule has 0 radical (unpaired) electrons. The summed E-state index contributed by atoms with van der Waals surface area (Å²) < 4.78 is 1.81. The van der Waals surface area contributed by atoms with Crippen LogP contribution in [0, 0.1) is 0 Å². The largest absolute Gasteiger partial charge is 0.330 e. The molecule has 0 atom stereocenters. The van der Waals surface area contributed by atoms with Crippen LogP contribution < -0.4 is 11.1 Å². The number of nitrogens with two attached hydrogens (primary N) is 1. The van der Waals surface area contributed by atoms with Crippen molar-refractivity contribution >= 4 is 11.6 Å². The number of carbonyl (C=O) groups is 1. The van der Waals surface area contributed by atoms with Gasteiger partial charge in [-0.05, 0) is 33.2 Å². The number of unbranched alkanes of at least 4 members (excludes halogenated alkanes) is 1. The fourth-order valence-corrected chi connectivity index (χ4v) is 1.34. The van der Waals surface area contributed by atoms with E-state index in [4.69, 9.17) is 5.73 Å². The van der Waals surface area contributed by atoms with Crippen LogP contribution in [-0.2, 0) is 4.79 Å². The fourth-order valence-electron chi connectivity index (χ4n) is 1.34. The third-order valence-corrected chi connectivity index (χ3v) is 2.27. The van der Waals surface area contributed by atoms with Crippen LogP contribution in [0.1, 0.15) is 39.2 Å². The van der Waals surface area contributed by atoms with Gasteiger partial charge < -0.3 is 11.1 Å². The van der Waals surface area contributed by atoms with Crippen molar-refractivity contribution in [3.05, 3.63) is 12.4 Å². The number of nitrogens with one attached hydrogen (secondary N) is 1. The molecule has 90 valence electrons. The highest BCUT2D eigenvalue weighted by Gasteiger charge is 2.05. The summed E-state index contributed by atoms with van der Waals surface area (Å²) in [6.07, 6.45) is 5.75. The molecule has 5 heteroatoms. The smallest absolute Gasteiger partial charge is 0.224 e. The average Bonchev–Trinajstić information content (AvgIpc) is 2.66. The Hall–Kier alpha value is -1.36. The molecule has 1 amide bonds. The van der Waals surface area contributed by atoms with Crippen molar-refractivity contribution < 1.29 is 4.79 Å². The summed E-state index contributed by atoms with van der Waals surface area (Å²) in [6.45, 7) is 4.72. The van der Waals surface area contributed by atoms with Gasteiger partial charge >= 0.3 is 0 Å². The Morgan fingerprint density at radius 2 is 2.31 bits per heavy atom. The number of hydrogen-bond donors (Lipinski definition) is 2. The molecule has 0 aliphatic rings. The number of carbonyl (C=O) groups excluding carboxylic acids is 1. The molecule has 0 aliphatic carbocycles. The van der Waals surface area contributed by atoms with Crippen molar-refractivity contribution in [1.29, 1.82) is 0 Å². The molecule has 16 heavy (non-hydrogen) atoms. The number of anilines is 1. The van der Waals surface area contributed by atoms with Crippen LogP contribution in [0.15, 0.2) is 12.4 Å². The van der Waals surface area contributed by atoms with Crippen molar-refractivity contribution in [2.24, 2.45) is 5.73 Å². The van der Waals surface area contributed by atoms with Crippen LogP contribution in [0.25, 0.3) is 0 Å². The van der Waals surface area contributed by atoms with Gasteiger partial charge in [0, 0.05) is 18.7 Å². The highest BCUT2D eigenvalue weighted by Crippen LogP contribution is 2.10. The molecule has 0 saturated heterocycles. The first-order valence-electron chi connectivity index (χ1n) is 5.67. The lowest BCUT2D eigenvalue weighted by Gasteiger charge is -2.04. The second-order valence-corrected chi connectivity index (χ2v) is 4.10. The van der Waals surface area contributed by atoms with E-state index >= 15 is 0 Å². The standard InChI is InChI=1S/C11H20N4O/c1-9(2)15-8-10(7-13-15)14-11(16)5-3-4-6-12/h7-9H,3-6,12H2,1-2H3,(H,14,16). The molecule has 0 aliphatic heterocycles. The topological polar surface area (TPSA) is 72.9 Å². The Balaban J connectivity index is 2.37. The summed E-state index contributed by atoms with van der Waals surface area (Å²) in [5, 5.41) is 6.96. The van der Waals surface area contributed by atoms with Gasteiger partial charge in [-0.2, -0.15) is 5.10 Å². The third-order valence-electron chi connectivity index (χ3n) is 2.27. The molecule has 0 bridgehead atoms. The predicted octanol–water partition coefficient (Wildman–Crippen LogP) is 1.53. The lowest BCUT2D eigenvalue weighted by molar-refractivity contribution is -0.116. The monoisotopic (exact) mass is 224 g/mol. The van der Waals surface area contributed by atoms with Crippen LogP contribution >= 0.6 is 0 Å². The summed E-state index contributed by atoms with van der Waals surface area (Å²) in [6, 6.07) is 0.308. The van der Waals surface area contributed by atoms with Crippen molar-refractivity contribution in [2.45, 2.75) is 39.2 Å². The maximum absolute atomic E-state index is 11.5. The van der Waals surface area contributed by atoms with E-state index in [1.54, 1.807) is 6.20 Å². The Morgan fingerprint density at radius 1 is 1.56 bits per heavy atom. The van der Waals surface area contributed by atoms with Gasteiger partial charge in [0.1, 0.15) is 0 Å². The molecule has 0 aromatic carbocycles. The summed E-state index contributed by atoms with van der Waals surface area (Å²) in [7, 11) is 0. The van der Waals surface area contributed by atoms with Crippen LogP contribution in [-0.4, -0.2) is 22.2 Å². The summed E-state index contributed by atoms with van der Waals surface area (Å²) in [5.41, 5.74) is 6.11. The second-order valence-electron chi connectivity index (χ2n) is 4.10. The van der Waals surface area contributed by atoms with Crippen LogP contribution in [0.4, 0.5) is 5.69 Å². The zero-order valence-electron chi connectivity index (χ0n) is 9.94. The van der Waals surface area contributed by atoms with Crippen LogP contribution in [0.5, 0.6) is 0 Å². The number of rotatable bonds is 6. The molecular weight excluding hydrogens is 204 g/mol. The molecule has 1 rings (SSSR count). The molecule has 5 nitrogen and oxygen atoms in total. The number of hydrogen-bond acceptors (Lipinski definition) is 3. The Labute approximate surface area is 96.0 Å². The molecule has 0 fully saturated rings. The molecule has 0 saturated carbocycles. The lowest BCUT2D eigenvalue weighted by atomic mass is 10.2. The lowest BCUT2D eigenvalue weighted by Crippen LogP contribution is -2.11. The molecule has 1 heterocycles. The van der Waals surface area contributed by atoms with Gasteiger partial charge in [-0.3, -0.25) is 9.48 Å². The highest BCUT2D eigenvalue weighted by molar-refractivity contribution is 5.90. The SMILES string of the molecule is CC(C)n1cc(NC(=O)CCCCN)cn1. The van der Waals surface area contributed by atoms with Crippen LogP contribution in [0.3, 0.4) is 0 Å². The molecular formula is C11H20N4O. The van der Waals surface area contributed by atoms with Gasteiger partial charge in [-0.15, -0.1) is 0 Å². The molecule has 0 unspecified atom stereocenters. The van der Waals surface area contributed by atoms with Gasteiger partial charge in [-0.1, -0.05) is 0 Å². The van der Waals surface area contributed by atoms with E-state index in [1.165, 1.54) is 0 Å². The summed E-state index contributed by atoms with van der Waals surface area (Å²) in [4.78, 5) is 11.5. The van der Waals surface area contributed by atoms with Gasteiger partial charge in [0.05, 0.1) is 11.9 Å². The van der Waals surface area contributed by atoms with Gasteiger partial charge in [0.25, 0.3) is 0 Å². The second kappa shape index (κ2) is 6.27. The van der Waals surface area contributed by atoms with E-state index in [2.05, 4.69) is 10.4 Å². The predicted molar refractivity (Wildman–Crippen MR) is 64.1 cm³/mol. The first-order chi connectivity index (χ1) is 7.63. The molecule has 1 aromatic rings. The average molecular weight is 224 g/mol. The number of aromatic nitrogens is 2. The minimum Gasteiger partial charge on any atom is -0.330 e. The minimum atomic E-state index is 0.0248. The Morgan fingerprint density at radius 3 is 2.88 bits per heavy atom. The maximum atomic E-state index is 11.5. The number of nitrogens with zero attached hydrogens (tertiary/aromatic N) is 2. The van der Waals surface area contributed by atoms with Crippen LogP contribution in [0.2, 0.25) is 0 Å². The van der Waals surface area contributed by atoms with Crippen molar-refractivity contribution in [1.82, 2.24) is 9.78 Å². The highest BCUT2D eigenvalue weighted by atomic mass is 16.1. The minimum absolute atomic E-state index is 0.0248. The molecule has 3 N–H and O–H groups in total. The quantitative estimate of drug-likeness (QED) is 0.720. The molecule has 0 spiro atoms. The van der Waals surface area contributed by atoms with Crippen molar-refractivity contribution in [3.63, 3.8) is 0 Å². The van der Waals surface area contributed by atoms with E-state index in [0.29, 0.717) is 19.0 Å². The van der Waals surface area contributed by atoms with E-state index in [9.17, 15) is 4.79 Å². The zero-order chi connectivity index (χ0) is 12.0. The van der Waals surface area contributed by atoms with Crippen molar-refractivity contribution in [3.8, 4) is 0 Å². The first-order valence-corrected chi connectivity index (χ1v) is 5.67. The first kappa shape index (κ1) is 12.7. The van der Waals surface area contributed by atoms with Gasteiger partial charge in [-0.25, -0.2) is 0 Å². The van der Waals surface area contributed by atoms with E-state index in [1.807, 2.05) is 24.7 Å². The van der Waals surface area contributed by atoms with Gasteiger partial charge in [0.2, 0.25) is 5.91 Å². The number of amides is 1.